The number of likely N-dealkylation sites (N-methyl/N-ethyl adjacent to an activating group) is 1. The maximum absolute atomic E-state index is 9.28. The third kappa shape index (κ3) is 3.14. The second-order valence-electron chi connectivity index (χ2n) is 6.08. The number of anilines is 1. The minimum Gasteiger partial charge on any atom is -0.368 e. The Hall–Kier alpha value is -2.16. The number of aromatic nitrogens is 1. The van der Waals surface area contributed by atoms with E-state index in [1.165, 1.54) is 5.69 Å². The van der Waals surface area contributed by atoms with E-state index in [4.69, 9.17) is 0 Å². The molecule has 0 unspecified atom stereocenters. The fourth-order valence-electron chi connectivity index (χ4n) is 3.33. The Kier molecular flexibility index (Phi) is 4.75. The number of pyridine rings is 1. The minimum absolute atomic E-state index is 0.513. The Labute approximate surface area is 137 Å². The summed E-state index contributed by atoms with van der Waals surface area (Å²) in [4.78, 5) is 9.36. The summed E-state index contributed by atoms with van der Waals surface area (Å²) < 4.78 is 0. The van der Waals surface area contributed by atoms with Crippen LogP contribution in [0.1, 0.15) is 12.5 Å². The third-order valence-corrected chi connectivity index (χ3v) is 4.62. The van der Waals surface area contributed by atoms with Gasteiger partial charge in [0.05, 0.1) is 11.1 Å². The Bertz CT molecular complexity index is 721. The van der Waals surface area contributed by atoms with Crippen LogP contribution in [0.15, 0.2) is 30.5 Å². The van der Waals surface area contributed by atoms with Gasteiger partial charge in [-0.3, -0.25) is 9.88 Å². The first kappa shape index (κ1) is 15.7. The van der Waals surface area contributed by atoms with Gasteiger partial charge in [0.2, 0.25) is 0 Å². The van der Waals surface area contributed by atoms with Crippen LogP contribution in [0, 0.1) is 11.3 Å². The lowest BCUT2D eigenvalue weighted by atomic mass is 10.1. The number of fused-ring (bicyclic) bond motifs is 1. The molecule has 0 bridgehead atoms. The van der Waals surface area contributed by atoms with Gasteiger partial charge in [0.1, 0.15) is 6.07 Å². The van der Waals surface area contributed by atoms with Crippen molar-refractivity contribution in [3.8, 4) is 6.07 Å². The molecule has 3 rings (SSSR count). The van der Waals surface area contributed by atoms with Crippen LogP contribution in [0.25, 0.3) is 10.9 Å². The molecule has 2 heterocycles. The van der Waals surface area contributed by atoms with Gasteiger partial charge in [0.15, 0.2) is 0 Å². The van der Waals surface area contributed by atoms with E-state index in [-0.39, 0.29) is 0 Å². The molecule has 2 aromatic rings. The summed E-state index contributed by atoms with van der Waals surface area (Å²) in [6, 6.07) is 10.7. The molecule has 120 valence electrons. The number of rotatable bonds is 4. The van der Waals surface area contributed by atoms with E-state index in [1.807, 2.05) is 19.2 Å². The van der Waals surface area contributed by atoms with Crippen LogP contribution in [0.3, 0.4) is 0 Å². The van der Waals surface area contributed by atoms with Gasteiger partial charge in [0.25, 0.3) is 0 Å². The number of hydrogen-bond acceptors (Lipinski definition) is 5. The number of nitriles is 1. The first-order valence-electron chi connectivity index (χ1n) is 8.16. The first-order valence-corrected chi connectivity index (χ1v) is 8.16. The summed E-state index contributed by atoms with van der Waals surface area (Å²) in [6.07, 6.45) is 1.76. The average molecular weight is 309 g/mol. The predicted molar refractivity (Wildman–Crippen MR) is 93.6 cm³/mol. The van der Waals surface area contributed by atoms with Gasteiger partial charge in [-0.25, -0.2) is 0 Å². The topological polar surface area (TPSA) is 55.2 Å². The second kappa shape index (κ2) is 6.95. The monoisotopic (exact) mass is 309 g/mol. The quantitative estimate of drug-likeness (QED) is 0.934. The molecular formula is C18H23N5. The minimum atomic E-state index is 0.513. The number of hydrogen-bond donors (Lipinski definition) is 1. The van der Waals surface area contributed by atoms with E-state index >= 15 is 0 Å². The van der Waals surface area contributed by atoms with Crippen molar-refractivity contribution < 1.29 is 0 Å². The van der Waals surface area contributed by atoms with Crippen molar-refractivity contribution in [1.82, 2.24) is 15.2 Å². The lowest BCUT2D eigenvalue weighted by Crippen LogP contribution is -2.53. The molecule has 0 amide bonds. The molecule has 0 radical (unpaired) electrons. The van der Waals surface area contributed by atoms with Crippen molar-refractivity contribution in [3.63, 3.8) is 0 Å². The lowest BCUT2D eigenvalue weighted by Gasteiger charge is -2.41. The third-order valence-electron chi connectivity index (χ3n) is 4.62. The van der Waals surface area contributed by atoms with Crippen LogP contribution < -0.4 is 10.2 Å². The van der Waals surface area contributed by atoms with Crippen LogP contribution in [0.2, 0.25) is 0 Å². The molecule has 1 aromatic carbocycles. The van der Waals surface area contributed by atoms with Crippen molar-refractivity contribution in [2.45, 2.75) is 13.0 Å². The van der Waals surface area contributed by atoms with E-state index in [9.17, 15) is 5.26 Å². The summed E-state index contributed by atoms with van der Waals surface area (Å²) in [5, 5.41) is 13.6. The highest BCUT2D eigenvalue weighted by atomic mass is 15.3. The molecule has 1 aliphatic rings. The molecule has 1 N–H and O–H groups in total. The largest absolute Gasteiger partial charge is 0.368 e. The second-order valence-corrected chi connectivity index (χ2v) is 6.08. The molecule has 1 aliphatic heterocycles. The summed E-state index contributed by atoms with van der Waals surface area (Å²) in [6.45, 7) is 7.45. The van der Waals surface area contributed by atoms with Gasteiger partial charge >= 0.3 is 0 Å². The summed E-state index contributed by atoms with van der Waals surface area (Å²) >= 11 is 0. The van der Waals surface area contributed by atoms with Crippen molar-refractivity contribution in [2.24, 2.45) is 0 Å². The predicted octanol–water partition coefficient (Wildman–Crippen LogP) is 1.84. The molecule has 1 aromatic heterocycles. The SMILES string of the molecule is CNCCN1CCN(c2ccc(C#N)c3ncccc23)C[C@H]1C. The maximum Gasteiger partial charge on any atom is 0.101 e. The van der Waals surface area contributed by atoms with Crippen molar-refractivity contribution in [2.75, 3.05) is 44.7 Å². The molecule has 5 nitrogen and oxygen atoms in total. The Morgan fingerprint density at radius 3 is 2.96 bits per heavy atom. The normalized spacial score (nSPS) is 19.0. The molecule has 1 fully saturated rings. The number of nitrogens with zero attached hydrogens (tertiary/aromatic N) is 4. The van der Waals surface area contributed by atoms with Gasteiger partial charge in [-0.15, -0.1) is 0 Å². The molecule has 0 aliphatic carbocycles. The Morgan fingerprint density at radius 2 is 2.22 bits per heavy atom. The zero-order valence-electron chi connectivity index (χ0n) is 13.8. The van der Waals surface area contributed by atoms with Gasteiger partial charge < -0.3 is 10.2 Å². The standard InChI is InChI=1S/C18H23N5/c1-14-13-23(11-10-22(14)9-8-20-2)17-6-5-15(12-19)18-16(17)4-3-7-21-18/h3-7,14,20H,8-11,13H2,1-2H3/t14-/m1/s1. The Morgan fingerprint density at radius 1 is 1.35 bits per heavy atom. The lowest BCUT2D eigenvalue weighted by molar-refractivity contribution is 0.191. The van der Waals surface area contributed by atoms with E-state index in [0.717, 1.165) is 43.6 Å². The van der Waals surface area contributed by atoms with Gasteiger partial charge in [-0.05, 0) is 38.2 Å². The molecule has 1 atom stereocenters. The van der Waals surface area contributed by atoms with Crippen molar-refractivity contribution >= 4 is 16.6 Å². The van der Waals surface area contributed by atoms with E-state index < -0.39 is 0 Å². The van der Waals surface area contributed by atoms with Gasteiger partial charge in [-0.2, -0.15) is 5.26 Å². The molecular weight excluding hydrogens is 286 g/mol. The van der Waals surface area contributed by atoms with Crippen LogP contribution in [0.4, 0.5) is 5.69 Å². The number of nitrogens with one attached hydrogen (secondary N) is 1. The highest BCUT2D eigenvalue weighted by molar-refractivity contribution is 5.95. The maximum atomic E-state index is 9.28. The summed E-state index contributed by atoms with van der Waals surface area (Å²) in [7, 11) is 2.00. The van der Waals surface area contributed by atoms with Crippen molar-refractivity contribution in [3.05, 3.63) is 36.0 Å². The van der Waals surface area contributed by atoms with Crippen LogP contribution in [-0.4, -0.2) is 55.7 Å². The molecule has 5 heteroatoms. The van der Waals surface area contributed by atoms with Crippen LogP contribution in [0.5, 0.6) is 0 Å². The fourth-order valence-corrected chi connectivity index (χ4v) is 3.33. The van der Waals surface area contributed by atoms with Gasteiger partial charge in [-0.1, -0.05) is 0 Å². The zero-order chi connectivity index (χ0) is 16.2. The molecule has 0 spiro atoms. The zero-order valence-corrected chi connectivity index (χ0v) is 13.8. The Balaban J connectivity index is 1.86. The fraction of sp³-hybridized carbons (Fsp3) is 0.444. The summed E-state index contributed by atoms with van der Waals surface area (Å²) in [5.74, 6) is 0. The van der Waals surface area contributed by atoms with Gasteiger partial charge in [0, 0.05) is 56.0 Å². The molecule has 23 heavy (non-hydrogen) atoms. The molecule has 0 saturated carbocycles. The highest BCUT2D eigenvalue weighted by Gasteiger charge is 2.24. The summed E-state index contributed by atoms with van der Waals surface area (Å²) in [5.41, 5.74) is 2.63. The average Bonchev–Trinajstić information content (AvgIpc) is 2.59. The highest BCUT2D eigenvalue weighted by Crippen LogP contribution is 2.29. The van der Waals surface area contributed by atoms with Crippen molar-refractivity contribution in [1.29, 1.82) is 5.26 Å². The molecule has 1 saturated heterocycles. The number of piperazine rings is 1. The van der Waals surface area contributed by atoms with E-state index in [1.54, 1.807) is 6.20 Å². The van der Waals surface area contributed by atoms with E-state index in [2.05, 4.69) is 45.2 Å². The van der Waals surface area contributed by atoms with Crippen LogP contribution >= 0.6 is 0 Å². The first-order chi connectivity index (χ1) is 11.2. The smallest absolute Gasteiger partial charge is 0.101 e. The number of benzene rings is 1. The van der Waals surface area contributed by atoms with Crippen LogP contribution in [-0.2, 0) is 0 Å². The van der Waals surface area contributed by atoms with E-state index in [0.29, 0.717) is 11.6 Å².